The van der Waals surface area contributed by atoms with Crippen LogP contribution in [0.3, 0.4) is 0 Å². The van der Waals surface area contributed by atoms with Crippen LogP contribution in [0.5, 0.6) is 5.75 Å². The molecule has 4 aromatic rings. The number of allylic oxidation sites excluding steroid dienone is 2. The van der Waals surface area contributed by atoms with Gasteiger partial charge in [0.2, 0.25) is 0 Å². The van der Waals surface area contributed by atoms with Crippen molar-refractivity contribution >= 4 is 23.3 Å². The van der Waals surface area contributed by atoms with E-state index in [9.17, 15) is 10.1 Å². The third-order valence-electron chi connectivity index (χ3n) is 7.58. The average Bonchev–Trinajstić information content (AvgIpc) is 3.46. The average molecular weight is 516 g/mol. The second-order valence-electron chi connectivity index (χ2n) is 10.2. The molecule has 2 aliphatic rings. The summed E-state index contributed by atoms with van der Waals surface area (Å²) in [4.78, 5) is 15.2. The molecule has 6 heteroatoms. The molecule has 6 rings (SSSR count). The van der Waals surface area contributed by atoms with Crippen molar-refractivity contribution in [2.24, 2.45) is 10.9 Å². The number of ether oxygens (including phenoxy) is 1. The van der Waals surface area contributed by atoms with E-state index in [4.69, 9.17) is 9.73 Å². The molecule has 1 aliphatic heterocycles. The van der Waals surface area contributed by atoms with E-state index in [0.29, 0.717) is 24.2 Å². The van der Waals surface area contributed by atoms with Crippen molar-refractivity contribution in [2.75, 3.05) is 5.32 Å². The van der Waals surface area contributed by atoms with Crippen LogP contribution in [0.15, 0.2) is 108 Å². The summed E-state index contributed by atoms with van der Waals surface area (Å²) in [6.45, 7) is 2.47. The molecule has 1 aliphatic carbocycles. The molecule has 4 aromatic carbocycles. The van der Waals surface area contributed by atoms with Gasteiger partial charge in [-0.3, -0.25) is 15.1 Å². The Balaban J connectivity index is 1.15. The molecule has 0 amide bonds. The van der Waals surface area contributed by atoms with Crippen molar-refractivity contribution in [3.05, 3.63) is 141 Å². The van der Waals surface area contributed by atoms with Gasteiger partial charge in [0, 0.05) is 35.5 Å². The Morgan fingerprint density at radius 2 is 1.82 bits per heavy atom. The molecule has 0 radical (unpaired) electrons. The van der Waals surface area contributed by atoms with Crippen LogP contribution in [-0.4, -0.2) is 11.1 Å². The maximum atomic E-state index is 10.9. The van der Waals surface area contributed by atoms with Crippen LogP contribution in [0, 0.1) is 23.0 Å². The molecule has 0 fully saturated rings. The van der Waals surface area contributed by atoms with Crippen molar-refractivity contribution in [2.45, 2.75) is 31.9 Å². The van der Waals surface area contributed by atoms with Gasteiger partial charge in [0.1, 0.15) is 12.4 Å². The van der Waals surface area contributed by atoms with Crippen LogP contribution >= 0.6 is 0 Å². The van der Waals surface area contributed by atoms with Gasteiger partial charge in [0.15, 0.2) is 0 Å². The molecule has 1 N–H and O–H groups in total. The third kappa shape index (κ3) is 5.18. The van der Waals surface area contributed by atoms with Crippen LogP contribution in [0.4, 0.5) is 17.1 Å². The number of nitrogens with one attached hydrogen (secondary N) is 1. The Hall–Kier alpha value is -4.71. The van der Waals surface area contributed by atoms with Crippen LogP contribution in [-0.2, 0) is 6.61 Å². The summed E-state index contributed by atoms with van der Waals surface area (Å²) in [5.41, 5.74) is 7.86. The highest BCUT2D eigenvalue weighted by Gasteiger charge is 2.37. The molecule has 0 spiro atoms. The summed E-state index contributed by atoms with van der Waals surface area (Å²) in [5.74, 6) is 1.66. The number of nitro groups is 1. The summed E-state index contributed by atoms with van der Waals surface area (Å²) in [7, 11) is 0. The van der Waals surface area contributed by atoms with Gasteiger partial charge in [-0.25, -0.2) is 0 Å². The van der Waals surface area contributed by atoms with Gasteiger partial charge in [0.25, 0.3) is 5.69 Å². The van der Waals surface area contributed by atoms with Gasteiger partial charge in [-0.15, -0.1) is 0 Å². The Labute approximate surface area is 227 Å². The smallest absolute Gasteiger partial charge is 0.269 e. The van der Waals surface area contributed by atoms with Gasteiger partial charge < -0.3 is 10.1 Å². The van der Waals surface area contributed by atoms with E-state index in [1.165, 1.54) is 34.5 Å². The molecule has 0 saturated carbocycles. The number of anilines is 1. The molecule has 6 nitrogen and oxygen atoms in total. The number of benzene rings is 4. The lowest BCUT2D eigenvalue weighted by Gasteiger charge is -2.37. The maximum absolute atomic E-state index is 10.9. The van der Waals surface area contributed by atoms with E-state index in [-0.39, 0.29) is 11.7 Å². The second-order valence-corrected chi connectivity index (χ2v) is 10.2. The Kier molecular flexibility index (Phi) is 6.68. The first-order valence-corrected chi connectivity index (χ1v) is 13.2. The Bertz CT molecular complexity index is 1560. The number of nitrogens with zero attached hydrogens (tertiary/aromatic N) is 2. The lowest BCUT2D eigenvalue weighted by atomic mass is 9.76. The third-order valence-corrected chi connectivity index (χ3v) is 7.58. The first kappa shape index (κ1) is 24.6. The molecule has 194 valence electrons. The van der Waals surface area contributed by atoms with E-state index in [2.05, 4.69) is 66.9 Å². The number of nitro benzene ring substituents is 1. The van der Waals surface area contributed by atoms with Crippen molar-refractivity contribution in [1.29, 1.82) is 0 Å². The summed E-state index contributed by atoms with van der Waals surface area (Å²) < 4.78 is 6.01. The van der Waals surface area contributed by atoms with Crippen LogP contribution in [0.2, 0.25) is 0 Å². The van der Waals surface area contributed by atoms with Crippen LogP contribution in [0.25, 0.3) is 0 Å². The number of non-ortho nitro benzene ring substituents is 1. The number of para-hydroxylation sites is 1. The fourth-order valence-corrected chi connectivity index (χ4v) is 5.55. The number of fused-ring (bicyclic) bond motifs is 3. The molecule has 0 bridgehead atoms. The zero-order valence-electron chi connectivity index (χ0n) is 21.7. The van der Waals surface area contributed by atoms with Crippen molar-refractivity contribution in [1.82, 2.24) is 0 Å². The monoisotopic (exact) mass is 515 g/mol. The van der Waals surface area contributed by atoms with Crippen LogP contribution < -0.4 is 10.1 Å². The van der Waals surface area contributed by atoms with Crippen LogP contribution in [0.1, 0.15) is 46.2 Å². The number of hydrogen-bond donors (Lipinski definition) is 1. The zero-order chi connectivity index (χ0) is 26.8. The van der Waals surface area contributed by atoms with Gasteiger partial charge in [-0.2, -0.15) is 0 Å². The first-order valence-electron chi connectivity index (χ1n) is 13.2. The number of aryl methyl sites for hydroxylation is 1. The highest BCUT2D eigenvalue weighted by Crippen LogP contribution is 2.50. The molecule has 0 aromatic heterocycles. The van der Waals surface area contributed by atoms with E-state index in [1.54, 1.807) is 12.1 Å². The predicted molar refractivity (Wildman–Crippen MR) is 155 cm³/mol. The molecule has 1 heterocycles. The molecular formula is C33H29N3O3. The minimum Gasteiger partial charge on any atom is -0.488 e. The molecule has 0 saturated heterocycles. The van der Waals surface area contributed by atoms with E-state index < -0.39 is 4.92 Å². The largest absolute Gasteiger partial charge is 0.488 e. The second kappa shape index (κ2) is 10.6. The van der Waals surface area contributed by atoms with Gasteiger partial charge >= 0.3 is 0 Å². The molecule has 0 unspecified atom stereocenters. The minimum absolute atomic E-state index is 0.0659. The zero-order valence-corrected chi connectivity index (χ0v) is 21.7. The molecular weight excluding hydrogens is 486 g/mol. The SMILES string of the molecule is Cc1ccc2c(c1)[C@@H]1C=CC[C@@H]1[C@@H](c1ccc(N=Cc3ccccc3OCc3ccc([N+](=O)[O-])cc3)cc1)N2. The predicted octanol–water partition coefficient (Wildman–Crippen LogP) is 8.06. The van der Waals surface area contributed by atoms with E-state index in [0.717, 1.165) is 23.2 Å². The normalized spacial score (nSPS) is 19.4. The summed E-state index contributed by atoms with van der Waals surface area (Å²) in [6.07, 6.45) is 7.58. The van der Waals surface area contributed by atoms with Gasteiger partial charge in [-0.1, -0.05) is 54.1 Å². The van der Waals surface area contributed by atoms with Crippen molar-refractivity contribution in [3.63, 3.8) is 0 Å². The molecule has 39 heavy (non-hydrogen) atoms. The van der Waals surface area contributed by atoms with Gasteiger partial charge in [-0.05, 0) is 78.4 Å². The lowest BCUT2D eigenvalue weighted by Crippen LogP contribution is -2.29. The summed E-state index contributed by atoms with van der Waals surface area (Å²) in [6, 6.07) is 29.6. The highest BCUT2D eigenvalue weighted by atomic mass is 16.6. The fourth-order valence-electron chi connectivity index (χ4n) is 5.55. The summed E-state index contributed by atoms with van der Waals surface area (Å²) in [5, 5.41) is 14.7. The standard InChI is InChI=1S/C33H29N3O3/c1-22-9-18-31-30(19-22)28-6-4-7-29(28)33(35-31)24-12-14-26(15-13-24)34-20-25-5-2-3-8-32(25)39-21-23-10-16-27(17-11-23)36(37)38/h2-6,8-20,28-29,33,35H,7,21H2,1H3/t28-,29+,33-/m1/s1. The number of rotatable bonds is 7. The maximum Gasteiger partial charge on any atom is 0.269 e. The quantitative estimate of drug-likeness (QED) is 0.117. The Morgan fingerprint density at radius 3 is 2.62 bits per heavy atom. The Morgan fingerprint density at radius 1 is 1.03 bits per heavy atom. The molecule has 3 atom stereocenters. The fraction of sp³-hybridized carbons (Fsp3) is 0.182. The topological polar surface area (TPSA) is 76.8 Å². The van der Waals surface area contributed by atoms with E-state index >= 15 is 0 Å². The lowest BCUT2D eigenvalue weighted by molar-refractivity contribution is -0.384. The van der Waals surface area contributed by atoms with Gasteiger partial charge in [0.05, 0.1) is 16.7 Å². The number of aliphatic imine (C=N–C) groups is 1. The number of hydrogen-bond acceptors (Lipinski definition) is 5. The van der Waals surface area contributed by atoms with Crippen molar-refractivity contribution in [3.8, 4) is 5.75 Å². The van der Waals surface area contributed by atoms with Crippen molar-refractivity contribution < 1.29 is 9.66 Å². The van der Waals surface area contributed by atoms with E-state index in [1.807, 2.05) is 30.5 Å². The first-order chi connectivity index (χ1) is 19.0. The highest BCUT2D eigenvalue weighted by molar-refractivity contribution is 5.85. The minimum atomic E-state index is -0.406. The summed E-state index contributed by atoms with van der Waals surface area (Å²) >= 11 is 0.